The smallest absolute Gasteiger partial charge is 0.307 e. The van der Waals surface area contributed by atoms with Gasteiger partial charge in [0.25, 0.3) is 0 Å². The minimum Gasteiger partial charge on any atom is -0.494 e. The van der Waals surface area contributed by atoms with E-state index in [1.807, 2.05) is 55.5 Å². The van der Waals surface area contributed by atoms with Gasteiger partial charge in [-0.2, -0.15) is 5.10 Å². The van der Waals surface area contributed by atoms with Gasteiger partial charge in [-0.05, 0) is 54.8 Å². The topological polar surface area (TPSA) is 63.8 Å². The molecule has 1 heterocycles. The summed E-state index contributed by atoms with van der Waals surface area (Å²) in [6.45, 7) is 6.31. The lowest BCUT2D eigenvalue weighted by Crippen LogP contribution is -2.16. The third-order valence-electron chi connectivity index (χ3n) is 3.78. The molecule has 132 valence electrons. The number of allylic oxidation sites excluding steroid dienone is 1. The van der Waals surface area contributed by atoms with Gasteiger partial charge in [-0.3, -0.25) is 4.79 Å². The molecule has 0 saturated heterocycles. The Morgan fingerprint density at radius 3 is 2.88 bits per heavy atom. The summed E-state index contributed by atoms with van der Waals surface area (Å²) < 4.78 is 11.1. The number of para-hydroxylation sites is 1. The molecule has 1 N–H and O–H groups in total. The van der Waals surface area contributed by atoms with Crippen LogP contribution in [0, 0.1) is 0 Å². The molecule has 26 heavy (non-hydrogen) atoms. The van der Waals surface area contributed by atoms with Gasteiger partial charge in [-0.25, -0.2) is 5.43 Å². The Hall–Kier alpha value is -3.34. The lowest BCUT2D eigenvalue weighted by Gasteiger charge is -2.09. The van der Waals surface area contributed by atoms with E-state index in [4.69, 9.17) is 9.15 Å². The number of nitrogens with one attached hydrogen (secondary N) is 1. The van der Waals surface area contributed by atoms with Gasteiger partial charge in [0.05, 0.1) is 12.8 Å². The van der Waals surface area contributed by atoms with Crippen LogP contribution in [0.1, 0.15) is 28.6 Å². The summed E-state index contributed by atoms with van der Waals surface area (Å²) in [6.07, 6.45) is 4.10. The third-order valence-corrected chi connectivity index (χ3v) is 3.78. The Morgan fingerprint density at radius 2 is 2.12 bits per heavy atom. The van der Waals surface area contributed by atoms with E-state index in [1.165, 1.54) is 0 Å². The third kappa shape index (κ3) is 4.00. The number of carbonyl (C=O) groups is 1. The van der Waals surface area contributed by atoms with Crippen molar-refractivity contribution in [2.75, 3.05) is 6.61 Å². The largest absolute Gasteiger partial charge is 0.494 e. The van der Waals surface area contributed by atoms with Crippen LogP contribution in [0.5, 0.6) is 5.75 Å². The number of furan rings is 1. The Labute approximate surface area is 152 Å². The second-order valence-corrected chi connectivity index (χ2v) is 5.64. The maximum Gasteiger partial charge on any atom is 0.307 e. The second kappa shape index (κ2) is 8.16. The molecule has 5 nitrogen and oxygen atoms in total. The summed E-state index contributed by atoms with van der Waals surface area (Å²) in [5.41, 5.74) is 5.03. The standard InChI is InChI=1S/C21H20N2O3/c1-3-7-16-12-15(10-11-18(16)25-4-2)14-22-23-21(24)20-13-17-8-5-6-9-19(17)26-20/h3,5-6,8-14H,1,4,7H2,2H3,(H,23,24)/b22-14+. The van der Waals surface area contributed by atoms with E-state index in [2.05, 4.69) is 17.1 Å². The zero-order chi connectivity index (χ0) is 18.4. The van der Waals surface area contributed by atoms with Crippen LogP contribution in [0.4, 0.5) is 0 Å². The number of nitrogens with zero attached hydrogens (tertiary/aromatic N) is 1. The van der Waals surface area contributed by atoms with E-state index in [0.717, 1.165) is 22.3 Å². The Balaban J connectivity index is 1.70. The molecule has 0 aliphatic heterocycles. The van der Waals surface area contributed by atoms with Crippen molar-refractivity contribution in [2.24, 2.45) is 5.10 Å². The number of amides is 1. The van der Waals surface area contributed by atoms with Gasteiger partial charge in [0.2, 0.25) is 0 Å². The van der Waals surface area contributed by atoms with Crippen LogP contribution in [0.2, 0.25) is 0 Å². The van der Waals surface area contributed by atoms with Gasteiger partial charge >= 0.3 is 5.91 Å². The highest BCUT2D eigenvalue weighted by Gasteiger charge is 2.11. The van der Waals surface area contributed by atoms with E-state index in [9.17, 15) is 4.79 Å². The molecular weight excluding hydrogens is 328 g/mol. The number of rotatable bonds is 7. The predicted octanol–water partition coefficient (Wildman–Crippen LogP) is 4.32. The maximum absolute atomic E-state index is 12.2. The van der Waals surface area contributed by atoms with Gasteiger partial charge in [-0.15, -0.1) is 6.58 Å². The summed E-state index contributed by atoms with van der Waals surface area (Å²) >= 11 is 0. The monoisotopic (exact) mass is 348 g/mol. The van der Waals surface area contributed by atoms with Crippen molar-refractivity contribution in [3.63, 3.8) is 0 Å². The average molecular weight is 348 g/mol. The van der Waals surface area contributed by atoms with Gasteiger partial charge in [0.15, 0.2) is 5.76 Å². The lowest BCUT2D eigenvalue weighted by molar-refractivity contribution is 0.0929. The van der Waals surface area contributed by atoms with Crippen LogP contribution in [-0.2, 0) is 6.42 Å². The van der Waals surface area contributed by atoms with Crippen molar-refractivity contribution in [2.45, 2.75) is 13.3 Å². The first kappa shape index (κ1) is 17.5. The van der Waals surface area contributed by atoms with Gasteiger partial charge in [0, 0.05) is 5.39 Å². The van der Waals surface area contributed by atoms with Gasteiger partial charge in [-0.1, -0.05) is 24.3 Å². The molecule has 0 unspecified atom stereocenters. The number of fused-ring (bicyclic) bond motifs is 1. The molecule has 1 aromatic heterocycles. The lowest BCUT2D eigenvalue weighted by atomic mass is 10.1. The Bertz CT molecular complexity index is 924. The van der Waals surface area contributed by atoms with E-state index in [1.54, 1.807) is 12.3 Å². The quantitative estimate of drug-likeness (QED) is 0.393. The predicted molar refractivity (Wildman–Crippen MR) is 103 cm³/mol. The summed E-state index contributed by atoms with van der Waals surface area (Å²) in [5.74, 6) is 0.660. The van der Waals surface area contributed by atoms with Crippen LogP contribution in [0.3, 0.4) is 0 Å². The summed E-state index contributed by atoms with van der Waals surface area (Å²) in [5, 5.41) is 4.89. The highest BCUT2D eigenvalue weighted by Crippen LogP contribution is 2.21. The molecule has 0 aliphatic carbocycles. The van der Waals surface area contributed by atoms with Gasteiger partial charge < -0.3 is 9.15 Å². The van der Waals surface area contributed by atoms with Crippen LogP contribution in [0.25, 0.3) is 11.0 Å². The first-order chi connectivity index (χ1) is 12.7. The van der Waals surface area contributed by atoms with Crippen molar-refractivity contribution in [3.8, 4) is 5.75 Å². The highest BCUT2D eigenvalue weighted by molar-refractivity contribution is 5.96. The number of hydrogen-bond donors (Lipinski definition) is 1. The first-order valence-electron chi connectivity index (χ1n) is 8.40. The van der Waals surface area contributed by atoms with Crippen LogP contribution in [-0.4, -0.2) is 18.7 Å². The van der Waals surface area contributed by atoms with E-state index < -0.39 is 5.91 Å². The Morgan fingerprint density at radius 1 is 1.27 bits per heavy atom. The normalized spacial score (nSPS) is 11.0. The van der Waals surface area contributed by atoms with Crippen molar-refractivity contribution in [1.82, 2.24) is 5.43 Å². The van der Waals surface area contributed by atoms with Gasteiger partial charge in [0.1, 0.15) is 11.3 Å². The molecular formula is C21H20N2O3. The average Bonchev–Trinajstić information content (AvgIpc) is 3.08. The summed E-state index contributed by atoms with van der Waals surface area (Å²) in [7, 11) is 0. The SMILES string of the molecule is C=CCc1cc(/C=N/NC(=O)c2cc3ccccc3o2)ccc1OCC. The number of ether oxygens (including phenoxy) is 1. The molecule has 5 heteroatoms. The minimum atomic E-state index is -0.394. The number of hydrazone groups is 1. The van der Waals surface area contributed by atoms with Crippen molar-refractivity contribution >= 4 is 23.1 Å². The van der Waals surface area contributed by atoms with Crippen molar-refractivity contribution in [3.05, 3.63) is 78.1 Å². The molecule has 3 aromatic rings. The van der Waals surface area contributed by atoms with Crippen LogP contribution < -0.4 is 10.2 Å². The fourth-order valence-electron chi connectivity index (χ4n) is 2.61. The fraction of sp³-hybridized carbons (Fsp3) is 0.143. The molecule has 0 spiro atoms. The molecule has 0 saturated carbocycles. The molecule has 1 amide bonds. The summed E-state index contributed by atoms with van der Waals surface area (Å²) in [4.78, 5) is 12.2. The zero-order valence-electron chi connectivity index (χ0n) is 14.6. The van der Waals surface area contributed by atoms with E-state index >= 15 is 0 Å². The first-order valence-corrected chi connectivity index (χ1v) is 8.40. The molecule has 0 radical (unpaired) electrons. The van der Waals surface area contributed by atoms with E-state index in [0.29, 0.717) is 18.6 Å². The Kier molecular flexibility index (Phi) is 5.49. The number of carbonyl (C=O) groups excluding carboxylic acids is 1. The maximum atomic E-state index is 12.2. The summed E-state index contributed by atoms with van der Waals surface area (Å²) in [6, 6.07) is 14.9. The molecule has 0 atom stereocenters. The van der Waals surface area contributed by atoms with Crippen molar-refractivity contribution < 1.29 is 13.9 Å². The minimum absolute atomic E-state index is 0.224. The van der Waals surface area contributed by atoms with Crippen LogP contribution in [0.15, 0.2) is 70.7 Å². The van der Waals surface area contributed by atoms with E-state index in [-0.39, 0.29) is 5.76 Å². The molecule has 0 aliphatic rings. The van der Waals surface area contributed by atoms with Crippen LogP contribution >= 0.6 is 0 Å². The number of hydrogen-bond acceptors (Lipinski definition) is 4. The number of benzene rings is 2. The van der Waals surface area contributed by atoms with Crippen molar-refractivity contribution in [1.29, 1.82) is 0 Å². The fourth-order valence-corrected chi connectivity index (χ4v) is 2.61. The zero-order valence-corrected chi connectivity index (χ0v) is 14.6. The molecule has 2 aromatic carbocycles. The molecule has 0 bridgehead atoms. The molecule has 0 fully saturated rings. The highest BCUT2D eigenvalue weighted by atomic mass is 16.5. The molecule has 3 rings (SSSR count). The second-order valence-electron chi connectivity index (χ2n) is 5.64.